The lowest BCUT2D eigenvalue weighted by atomic mass is 9.58. The van der Waals surface area contributed by atoms with Crippen molar-refractivity contribution in [2.24, 2.45) is 17.8 Å². The number of hydrogen-bond acceptors (Lipinski definition) is 5. The number of hydrogen-bond donors (Lipinski definition) is 2. The van der Waals surface area contributed by atoms with Crippen LogP contribution < -0.4 is 0 Å². The molecule has 4 aliphatic rings. The molecule has 2 aromatic carbocycles. The summed E-state index contributed by atoms with van der Waals surface area (Å²) < 4.78 is 6.27. The minimum absolute atomic E-state index is 0.0139. The van der Waals surface area contributed by atoms with Crippen molar-refractivity contribution in [3.05, 3.63) is 76.9 Å². The zero-order valence-electron chi connectivity index (χ0n) is 24.6. The number of fused-ring (bicyclic) bond motifs is 3. The third kappa shape index (κ3) is 5.74. The highest BCUT2D eigenvalue weighted by molar-refractivity contribution is 6.43. The molecule has 2 saturated heterocycles. The lowest BCUT2D eigenvalue weighted by molar-refractivity contribution is -0.143. The minimum Gasteiger partial charge on any atom is -0.508 e. The number of rotatable bonds is 8. The van der Waals surface area contributed by atoms with E-state index in [2.05, 4.69) is 25.1 Å². The Balaban J connectivity index is 1.30. The quantitative estimate of drug-likeness (QED) is 0.162. The van der Waals surface area contributed by atoms with Gasteiger partial charge in [-0.15, -0.1) is 0 Å². The third-order valence-corrected chi connectivity index (χ3v) is 9.89. The molecule has 0 bridgehead atoms. The fourth-order valence-electron chi connectivity index (χ4n) is 8.04. The van der Waals surface area contributed by atoms with Gasteiger partial charge >= 0.3 is 7.12 Å². The van der Waals surface area contributed by atoms with Gasteiger partial charge in [0.15, 0.2) is 0 Å². The van der Waals surface area contributed by atoms with Crippen LogP contribution in [-0.2, 0) is 14.2 Å². The van der Waals surface area contributed by atoms with Gasteiger partial charge in [0.1, 0.15) is 5.75 Å². The number of benzene rings is 2. The van der Waals surface area contributed by atoms with Gasteiger partial charge in [-0.05, 0) is 85.2 Å². The number of phenolic OH excluding ortho intramolecular Hbond substituents is 1. The minimum atomic E-state index is -0.960. The lowest BCUT2D eigenvalue weighted by Gasteiger charge is -2.43. The molecule has 2 aromatic rings. The summed E-state index contributed by atoms with van der Waals surface area (Å²) in [5.74, 6) is -0.625. The van der Waals surface area contributed by atoms with Crippen molar-refractivity contribution < 1.29 is 24.4 Å². The van der Waals surface area contributed by atoms with E-state index in [-0.39, 0.29) is 41.5 Å². The molecule has 6 rings (SSSR count). The molecule has 2 heterocycles. The summed E-state index contributed by atoms with van der Waals surface area (Å²) in [4.78, 5) is 29.4. The van der Waals surface area contributed by atoms with Crippen LogP contribution in [0.3, 0.4) is 0 Å². The molecule has 0 unspecified atom stereocenters. The van der Waals surface area contributed by atoms with Gasteiger partial charge in [0.2, 0.25) is 11.8 Å². The monoisotopic (exact) mass is 567 g/mol. The molecule has 0 radical (unpaired) electrons. The third-order valence-electron chi connectivity index (χ3n) is 9.89. The Morgan fingerprint density at radius 1 is 1.00 bits per heavy atom. The Labute approximate surface area is 249 Å². The summed E-state index contributed by atoms with van der Waals surface area (Å²) in [7, 11) is -0.960. The number of phenols is 1. The number of allylic oxidation sites excluding steroid dienone is 2. The zero-order valence-corrected chi connectivity index (χ0v) is 24.6. The van der Waals surface area contributed by atoms with Gasteiger partial charge in [-0.25, -0.2) is 0 Å². The molecule has 2 amide bonds. The number of nitrogens with zero attached hydrogens (tertiary/aromatic N) is 1. The van der Waals surface area contributed by atoms with Crippen LogP contribution in [0.15, 0.2) is 65.7 Å². The van der Waals surface area contributed by atoms with Crippen LogP contribution in [-0.4, -0.2) is 46.1 Å². The van der Waals surface area contributed by atoms with Crippen LogP contribution in [0.25, 0.3) is 11.6 Å². The molecule has 2 N–H and O–H groups in total. The highest BCUT2D eigenvalue weighted by atomic mass is 16.5. The summed E-state index contributed by atoms with van der Waals surface area (Å²) in [6.07, 6.45) is 11.2. The van der Waals surface area contributed by atoms with Crippen molar-refractivity contribution in [2.45, 2.75) is 89.6 Å². The maximum atomic E-state index is 14.0. The standard InChI is InChI=1S/C35H42BNO5/c1-2-9-26-21-29-33(35(40)37(34(29)39)27-12-7-4-8-13-27)30-22-36(41)42-31(32(26)30)19-16-25(24-10-5-3-6-11-24)20-23-14-17-28(38)18-15-23/h3,5-6,10-11,14-15,17-18,20,27,29-31,33,38,41H,2,4,7-9,12-13,16,19,21-22H2,1H3/b25-20-/t29-,30+,31-,33-/m1/s1. The van der Waals surface area contributed by atoms with Crippen LogP contribution in [0, 0.1) is 17.8 Å². The molecule has 42 heavy (non-hydrogen) atoms. The summed E-state index contributed by atoms with van der Waals surface area (Å²) in [6, 6.07) is 17.5. The summed E-state index contributed by atoms with van der Waals surface area (Å²) in [5.41, 5.74) is 5.69. The van der Waals surface area contributed by atoms with E-state index in [0.717, 1.165) is 55.2 Å². The number of amides is 2. The van der Waals surface area contributed by atoms with Gasteiger partial charge in [0.25, 0.3) is 0 Å². The van der Waals surface area contributed by atoms with Crippen LogP contribution in [0.4, 0.5) is 0 Å². The Bertz CT molecular complexity index is 1350. The predicted octanol–water partition coefficient (Wildman–Crippen LogP) is 6.64. The first-order valence-corrected chi connectivity index (χ1v) is 15.9. The average molecular weight is 568 g/mol. The maximum absolute atomic E-state index is 14.0. The second kappa shape index (κ2) is 12.6. The van der Waals surface area contributed by atoms with Gasteiger partial charge < -0.3 is 14.8 Å². The Hall–Kier alpha value is -3.16. The Morgan fingerprint density at radius 3 is 2.45 bits per heavy atom. The second-order valence-electron chi connectivity index (χ2n) is 12.6. The highest BCUT2D eigenvalue weighted by Crippen LogP contribution is 2.52. The fourth-order valence-corrected chi connectivity index (χ4v) is 8.04. The van der Waals surface area contributed by atoms with Gasteiger partial charge in [-0.2, -0.15) is 0 Å². The molecular formula is C35H42BNO5. The number of carbonyl (C=O) groups excluding carboxylic acids is 2. The van der Waals surface area contributed by atoms with Gasteiger partial charge in [-0.3, -0.25) is 14.5 Å². The van der Waals surface area contributed by atoms with E-state index < -0.39 is 13.0 Å². The highest BCUT2D eigenvalue weighted by Gasteiger charge is 2.58. The van der Waals surface area contributed by atoms with E-state index in [1.165, 1.54) is 17.6 Å². The molecule has 2 aliphatic carbocycles. The largest absolute Gasteiger partial charge is 0.508 e. The van der Waals surface area contributed by atoms with E-state index in [1.54, 1.807) is 17.0 Å². The van der Waals surface area contributed by atoms with E-state index in [1.807, 2.05) is 30.3 Å². The molecule has 2 aliphatic heterocycles. The first kappa shape index (κ1) is 28.9. The Morgan fingerprint density at radius 2 is 1.74 bits per heavy atom. The molecule has 7 heteroatoms. The summed E-state index contributed by atoms with van der Waals surface area (Å²) in [5, 5.41) is 20.7. The average Bonchev–Trinajstić information content (AvgIpc) is 3.26. The van der Waals surface area contributed by atoms with Gasteiger partial charge in [-0.1, -0.05) is 86.7 Å². The fraction of sp³-hybridized carbons (Fsp3) is 0.486. The Kier molecular flexibility index (Phi) is 8.69. The van der Waals surface area contributed by atoms with E-state index in [4.69, 9.17) is 4.65 Å². The predicted molar refractivity (Wildman–Crippen MR) is 165 cm³/mol. The lowest BCUT2D eigenvalue weighted by Crippen LogP contribution is -2.46. The molecule has 220 valence electrons. The molecule has 0 spiro atoms. The van der Waals surface area contributed by atoms with Crippen molar-refractivity contribution in [3.63, 3.8) is 0 Å². The van der Waals surface area contributed by atoms with E-state index in [0.29, 0.717) is 25.6 Å². The molecule has 1 saturated carbocycles. The summed E-state index contributed by atoms with van der Waals surface area (Å²) >= 11 is 0. The smallest absolute Gasteiger partial charge is 0.455 e. The molecule has 4 atom stereocenters. The number of carbonyl (C=O) groups is 2. The maximum Gasteiger partial charge on any atom is 0.455 e. The van der Waals surface area contributed by atoms with E-state index >= 15 is 0 Å². The first-order valence-electron chi connectivity index (χ1n) is 15.9. The number of imide groups is 1. The van der Waals surface area contributed by atoms with Gasteiger partial charge in [0.05, 0.1) is 17.9 Å². The van der Waals surface area contributed by atoms with Crippen molar-refractivity contribution in [1.29, 1.82) is 0 Å². The van der Waals surface area contributed by atoms with Gasteiger partial charge in [0, 0.05) is 6.04 Å². The second-order valence-corrected chi connectivity index (χ2v) is 12.6. The van der Waals surface area contributed by atoms with Crippen LogP contribution >= 0.6 is 0 Å². The molecule has 6 nitrogen and oxygen atoms in total. The molecule has 3 fully saturated rings. The van der Waals surface area contributed by atoms with Crippen LogP contribution in [0.1, 0.15) is 82.3 Å². The number of likely N-dealkylation sites (tertiary alicyclic amines) is 1. The van der Waals surface area contributed by atoms with Crippen molar-refractivity contribution in [2.75, 3.05) is 0 Å². The van der Waals surface area contributed by atoms with Crippen molar-refractivity contribution in [1.82, 2.24) is 4.90 Å². The summed E-state index contributed by atoms with van der Waals surface area (Å²) in [6.45, 7) is 2.16. The normalized spacial score (nSPS) is 27.0. The van der Waals surface area contributed by atoms with E-state index in [9.17, 15) is 19.7 Å². The van der Waals surface area contributed by atoms with Crippen molar-refractivity contribution in [3.8, 4) is 5.75 Å². The topological polar surface area (TPSA) is 87.1 Å². The van der Waals surface area contributed by atoms with Crippen LogP contribution in [0.2, 0.25) is 6.32 Å². The SMILES string of the molecule is CCCC1=C2[C@@H](CC/C(=C/c3ccc(O)cc3)c3ccccc3)OB(O)C[C@@H]2[C@@H]2C(=O)N(C3CCCCC3)C(=O)[C@@H]2C1. The first-order chi connectivity index (χ1) is 20.4. The molecular weight excluding hydrogens is 525 g/mol. The zero-order chi connectivity index (χ0) is 29.2. The number of aromatic hydroxyl groups is 1. The van der Waals surface area contributed by atoms with Crippen molar-refractivity contribution >= 4 is 30.6 Å². The van der Waals surface area contributed by atoms with Crippen LogP contribution in [0.5, 0.6) is 5.75 Å². The molecule has 0 aromatic heterocycles.